The molecule has 2 rings (SSSR count). The van der Waals surface area contributed by atoms with Gasteiger partial charge in [0.25, 0.3) is 10.1 Å². The van der Waals surface area contributed by atoms with Gasteiger partial charge in [-0.2, -0.15) is 8.42 Å². The van der Waals surface area contributed by atoms with Crippen LogP contribution in [0.2, 0.25) is 0 Å². The quantitative estimate of drug-likeness (QED) is 0.793. The first-order valence-corrected chi connectivity index (χ1v) is 8.85. The molecule has 0 saturated carbocycles. The maximum Gasteiger partial charge on any atom is 0.297 e. The normalized spacial score (nSPS) is 14.9. The number of rotatable bonds is 7. The molecule has 2 aromatic carbocycles. The van der Waals surface area contributed by atoms with Gasteiger partial charge in [0.15, 0.2) is 0 Å². The van der Waals surface area contributed by atoms with E-state index in [4.69, 9.17) is 4.18 Å². The third kappa shape index (κ3) is 4.29. The summed E-state index contributed by atoms with van der Waals surface area (Å²) in [5, 5.41) is 11.9. The lowest BCUT2D eigenvalue weighted by Gasteiger charge is -2.22. The van der Waals surface area contributed by atoms with Gasteiger partial charge in [-0.15, -0.1) is 0 Å². The number of aliphatic hydroxyl groups is 1. The Morgan fingerprint density at radius 3 is 2.50 bits per heavy atom. The van der Waals surface area contributed by atoms with Crippen LogP contribution >= 0.6 is 0 Å². The lowest BCUT2D eigenvalue weighted by atomic mass is 10.0. The van der Waals surface area contributed by atoms with Crippen molar-refractivity contribution in [1.29, 1.82) is 0 Å². The van der Waals surface area contributed by atoms with Crippen molar-refractivity contribution in [2.75, 3.05) is 6.61 Å². The molecule has 0 unspecified atom stereocenters. The molecule has 1 N–H and O–H groups in total. The van der Waals surface area contributed by atoms with Crippen molar-refractivity contribution in [3.05, 3.63) is 42.5 Å². The fourth-order valence-corrected chi connectivity index (χ4v) is 3.28. The minimum absolute atomic E-state index is 0.109. The molecule has 22 heavy (non-hydrogen) atoms. The number of fused-ring (bicyclic) bond motifs is 1. The highest BCUT2D eigenvalue weighted by Crippen LogP contribution is 2.22. The maximum atomic E-state index is 12.3. The van der Waals surface area contributed by atoms with Crippen molar-refractivity contribution < 1.29 is 17.7 Å². The molecule has 5 heteroatoms. The van der Waals surface area contributed by atoms with Crippen molar-refractivity contribution in [3.8, 4) is 0 Å². The molecule has 2 aromatic rings. The Kier molecular flexibility index (Phi) is 5.21. The van der Waals surface area contributed by atoms with Crippen LogP contribution in [0.25, 0.3) is 10.8 Å². The molecule has 0 amide bonds. The van der Waals surface area contributed by atoms with E-state index >= 15 is 0 Å². The Hall–Kier alpha value is -1.43. The van der Waals surface area contributed by atoms with E-state index in [9.17, 15) is 13.5 Å². The Labute approximate surface area is 131 Å². The minimum Gasteiger partial charge on any atom is -0.388 e. The largest absolute Gasteiger partial charge is 0.388 e. The van der Waals surface area contributed by atoms with Crippen molar-refractivity contribution >= 4 is 20.9 Å². The van der Waals surface area contributed by atoms with Crippen LogP contribution in [0.5, 0.6) is 0 Å². The van der Waals surface area contributed by atoms with Gasteiger partial charge in [0.05, 0.1) is 17.1 Å². The summed E-state index contributed by atoms with van der Waals surface area (Å²) in [7, 11) is -3.87. The monoisotopic (exact) mass is 322 g/mol. The van der Waals surface area contributed by atoms with Crippen LogP contribution in [-0.2, 0) is 14.3 Å². The van der Waals surface area contributed by atoms with E-state index in [0.717, 1.165) is 23.6 Å². The van der Waals surface area contributed by atoms with E-state index in [1.54, 1.807) is 19.1 Å². The first-order valence-electron chi connectivity index (χ1n) is 7.45. The number of hydrogen-bond donors (Lipinski definition) is 1. The standard InChI is InChI=1S/C17H22O4S/c1-3-4-11-17(2,18)13-21-22(19,20)16-10-9-14-7-5-6-8-15(14)12-16/h5-10,12,18H,3-4,11,13H2,1-2H3/t17-/m1/s1. The molecule has 0 aliphatic rings. The maximum absolute atomic E-state index is 12.3. The minimum atomic E-state index is -3.87. The molecular formula is C17H22O4S. The Morgan fingerprint density at radius 1 is 1.14 bits per heavy atom. The first kappa shape index (κ1) is 16.9. The number of hydrogen-bond acceptors (Lipinski definition) is 4. The van der Waals surface area contributed by atoms with Gasteiger partial charge in [-0.1, -0.05) is 50.1 Å². The summed E-state index contributed by atoms with van der Waals surface area (Å²) in [5.74, 6) is 0. The number of benzene rings is 2. The second kappa shape index (κ2) is 6.77. The van der Waals surface area contributed by atoms with Gasteiger partial charge in [-0.3, -0.25) is 4.18 Å². The van der Waals surface area contributed by atoms with Gasteiger partial charge in [0.1, 0.15) is 0 Å². The lowest BCUT2D eigenvalue weighted by Crippen LogP contribution is -2.31. The van der Waals surface area contributed by atoms with Crippen LogP contribution in [0.15, 0.2) is 47.4 Å². The summed E-state index contributed by atoms with van der Waals surface area (Å²) >= 11 is 0. The van der Waals surface area contributed by atoms with Gasteiger partial charge in [0, 0.05) is 0 Å². The molecule has 0 spiro atoms. The van der Waals surface area contributed by atoms with Crippen LogP contribution in [-0.4, -0.2) is 25.7 Å². The highest BCUT2D eigenvalue weighted by Gasteiger charge is 2.25. The van der Waals surface area contributed by atoms with E-state index in [-0.39, 0.29) is 11.5 Å². The van der Waals surface area contributed by atoms with Crippen molar-refractivity contribution in [2.45, 2.75) is 43.6 Å². The van der Waals surface area contributed by atoms with E-state index in [1.165, 1.54) is 6.07 Å². The molecule has 0 aromatic heterocycles. The molecule has 0 aliphatic heterocycles. The average molecular weight is 322 g/mol. The third-order valence-corrected chi connectivity index (χ3v) is 4.86. The molecule has 0 heterocycles. The zero-order valence-electron chi connectivity index (χ0n) is 13.0. The summed E-state index contributed by atoms with van der Waals surface area (Å²) in [6, 6.07) is 12.4. The molecule has 0 fully saturated rings. The SMILES string of the molecule is CCCC[C@@](C)(O)COS(=O)(=O)c1ccc2ccccc2c1. The molecule has 0 bridgehead atoms. The van der Waals surface area contributed by atoms with Gasteiger partial charge in [-0.25, -0.2) is 0 Å². The second-order valence-electron chi connectivity index (χ2n) is 5.83. The second-order valence-corrected chi connectivity index (χ2v) is 7.44. The average Bonchev–Trinajstić information content (AvgIpc) is 2.51. The predicted molar refractivity (Wildman–Crippen MR) is 87.2 cm³/mol. The van der Waals surface area contributed by atoms with E-state index in [1.807, 2.05) is 31.2 Å². The smallest absolute Gasteiger partial charge is 0.297 e. The van der Waals surface area contributed by atoms with Crippen molar-refractivity contribution in [3.63, 3.8) is 0 Å². The van der Waals surface area contributed by atoms with Crippen LogP contribution < -0.4 is 0 Å². The fraction of sp³-hybridized carbons (Fsp3) is 0.412. The van der Waals surface area contributed by atoms with Crippen LogP contribution in [0.4, 0.5) is 0 Å². The zero-order chi connectivity index (χ0) is 16.2. The molecule has 0 radical (unpaired) electrons. The zero-order valence-corrected chi connectivity index (χ0v) is 13.8. The van der Waals surface area contributed by atoms with Crippen molar-refractivity contribution in [1.82, 2.24) is 0 Å². The Bertz CT molecular complexity index is 735. The fourth-order valence-electron chi connectivity index (χ4n) is 2.23. The predicted octanol–water partition coefficient (Wildman–Crippen LogP) is 3.49. The van der Waals surface area contributed by atoms with E-state index in [0.29, 0.717) is 6.42 Å². The molecule has 4 nitrogen and oxygen atoms in total. The molecule has 0 saturated heterocycles. The van der Waals surface area contributed by atoms with Gasteiger partial charge >= 0.3 is 0 Å². The molecule has 0 aliphatic carbocycles. The first-order chi connectivity index (χ1) is 10.3. The van der Waals surface area contributed by atoms with Gasteiger partial charge in [0.2, 0.25) is 0 Å². The lowest BCUT2D eigenvalue weighted by molar-refractivity contribution is 0.00468. The number of unbranched alkanes of at least 4 members (excludes halogenated alkanes) is 1. The summed E-state index contributed by atoms with van der Waals surface area (Å²) in [4.78, 5) is 0.109. The van der Waals surface area contributed by atoms with Crippen LogP contribution in [0, 0.1) is 0 Å². The highest BCUT2D eigenvalue weighted by atomic mass is 32.2. The van der Waals surface area contributed by atoms with Crippen LogP contribution in [0.3, 0.4) is 0 Å². The summed E-state index contributed by atoms with van der Waals surface area (Å²) in [6.07, 6.45) is 2.27. The summed E-state index contributed by atoms with van der Waals surface area (Å²) < 4.78 is 29.6. The Balaban J connectivity index is 2.15. The van der Waals surface area contributed by atoms with Gasteiger partial charge in [-0.05, 0) is 36.2 Å². The van der Waals surface area contributed by atoms with E-state index < -0.39 is 15.7 Å². The summed E-state index contributed by atoms with van der Waals surface area (Å²) in [5.41, 5.74) is -1.14. The Morgan fingerprint density at radius 2 is 1.82 bits per heavy atom. The highest BCUT2D eigenvalue weighted by molar-refractivity contribution is 7.86. The van der Waals surface area contributed by atoms with Crippen LogP contribution in [0.1, 0.15) is 33.1 Å². The van der Waals surface area contributed by atoms with Crippen molar-refractivity contribution in [2.24, 2.45) is 0 Å². The topological polar surface area (TPSA) is 63.6 Å². The van der Waals surface area contributed by atoms with E-state index in [2.05, 4.69) is 0 Å². The molecular weight excluding hydrogens is 300 g/mol. The molecule has 120 valence electrons. The third-order valence-electron chi connectivity index (χ3n) is 3.60. The summed E-state index contributed by atoms with van der Waals surface area (Å²) in [6.45, 7) is 3.38. The van der Waals surface area contributed by atoms with Gasteiger partial charge < -0.3 is 5.11 Å². The molecule has 1 atom stereocenters.